The summed E-state index contributed by atoms with van der Waals surface area (Å²) in [5.74, 6) is -0.836. The number of rotatable bonds is 3. The summed E-state index contributed by atoms with van der Waals surface area (Å²) in [6.45, 7) is 0. The van der Waals surface area contributed by atoms with Crippen LogP contribution >= 0.6 is 0 Å². The van der Waals surface area contributed by atoms with Crippen LogP contribution in [0.15, 0.2) is 48.8 Å². The van der Waals surface area contributed by atoms with Crippen molar-refractivity contribution in [2.45, 2.75) is 6.18 Å². The fourth-order valence-electron chi connectivity index (χ4n) is 3.48. The predicted octanol–water partition coefficient (Wildman–Crippen LogP) is 2.91. The number of alkyl halides is 3. The second kappa shape index (κ2) is 8.40. The van der Waals surface area contributed by atoms with Gasteiger partial charge in [-0.25, -0.2) is 18.7 Å². The minimum atomic E-state index is -4.69. The first kappa shape index (κ1) is 22.6. The van der Waals surface area contributed by atoms with E-state index in [2.05, 4.69) is 26.8 Å². The fraction of sp³-hybridized carbons (Fsp3) is 0.0476. The lowest BCUT2D eigenvalue weighted by Gasteiger charge is -2.12. The molecule has 0 bridgehead atoms. The van der Waals surface area contributed by atoms with Gasteiger partial charge in [-0.1, -0.05) is 12.1 Å². The standard InChI is InChI=1S/C21H14BF4N7O/c22-18-13(8-27)16(17-19(28)29-9-30-33(17)18)10-1-4-12(5-2-10)31-20(34)32-15-7-11(21(24,25)26)3-6-14(15)23/h1-7,9H,22H2,(H2,28,29,30)(H2,31,32,34). The number of hydrogen-bond donors (Lipinski definition) is 3. The molecule has 0 saturated carbocycles. The molecule has 0 spiro atoms. The third-order valence-corrected chi connectivity index (χ3v) is 5.07. The van der Waals surface area contributed by atoms with E-state index in [4.69, 9.17) is 5.73 Å². The van der Waals surface area contributed by atoms with Gasteiger partial charge in [0.2, 0.25) is 0 Å². The molecule has 34 heavy (non-hydrogen) atoms. The van der Waals surface area contributed by atoms with Gasteiger partial charge in [-0.3, -0.25) is 0 Å². The van der Waals surface area contributed by atoms with Gasteiger partial charge in [0.25, 0.3) is 0 Å². The minimum absolute atomic E-state index is 0.180. The van der Waals surface area contributed by atoms with Crippen LogP contribution in [-0.4, -0.2) is 28.5 Å². The van der Waals surface area contributed by atoms with Crippen molar-refractivity contribution in [3.63, 3.8) is 0 Å². The summed E-state index contributed by atoms with van der Waals surface area (Å²) in [5.41, 5.74) is 7.05. The Kier molecular flexibility index (Phi) is 5.58. The van der Waals surface area contributed by atoms with E-state index in [1.54, 1.807) is 20.0 Å². The van der Waals surface area contributed by atoms with Crippen LogP contribution in [0, 0.1) is 17.1 Å². The van der Waals surface area contributed by atoms with Gasteiger partial charge in [-0.05, 0) is 35.9 Å². The maximum Gasteiger partial charge on any atom is 0.416 e. The number of fused-ring (bicyclic) bond motifs is 1. The maximum absolute atomic E-state index is 13.9. The van der Waals surface area contributed by atoms with Crippen LogP contribution in [0.1, 0.15) is 11.1 Å². The molecule has 4 aromatic rings. The van der Waals surface area contributed by atoms with Gasteiger partial charge in [0.1, 0.15) is 23.7 Å². The van der Waals surface area contributed by atoms with Crippen molar-refractivity contribution in [2.24, 2.45) is 0 Å². The molecule has 2 heterocycles. The third kappa shape index (κ3) is 4.08. The highest BCUT2D eigenvalue weighted by Crippen LogP contribution is 2.33. The number of nitrogens with zero attached hydrogens (tertiary/aromatic N) is 4. The van der Waals surface area contributed by atoms with Crippen LogP contribution in [0.2, 0.25) is 0 Å². The van der Waals surface area contributed by atoms with Crippen molar-refractivity contribution in [2.75, 3.05) is 16.4 Å². The zero-order chi connectivity index (χ0) is 24.6. The van der Waals surface area contributed by atoms with Gasteiger partial charge in [-0.2, -0.15) is 23.5 Å². The number of nitriles is 1. The van der Waals surface area contributed by atoms with Gasteiger partial charge >= 0.3 is 12.2 Å². The number of carbonyl (C=O) groups is 1. The molecule has 0 saturated heterocycles. The number of amides is 2. The average Bonchev–Trinajstić information content (AvgIpc) is 3.08. The molecule has 0 aliphatic heterocycles. The zero-order valence-corrected chi connectivity index (χ0v) is 17.4. The molecule has 0 atom stereocenters. The van der Waals surface area contributed by atoms with E-state index in [1.165, 1.54) is 23.0 Å². The van der Waals surface area contributed by atoms with Crippen LogP contribution in [0.4, 0.5) is 39.5 Å². The number of nitrogens with two attached hydrogens (primary N) is 1. The maximum atomic E-state index is 13.9. The molecule has 0 aliphatic rings. The molecule has 2 aromatic heterocycles. The Bertz CT molecular complexity index is 1460. The summed E-state index contributed by atoms with van der Waals surface area (Å²) >= 11 is 0. The largest absolute Gasteiger partial charge is 0.416 e. The highest BCUT2D eigenvalue weighted by Gasteiger charge is 2.31. The minimum Gasteiger partial charge on any atom is -0.382 e. The normalized spacial score (nSPS) is 11.3. The molecule has 4 rings (SSSR count). The lowest BCUT2D eigenvalue weighted by Crippen LogP contribution is -2.20. The molecule has 0 fully saturated rings. The smallest absolute Gasteiger partial charge is 0.382 e. The van der Waals surface area contributed by atoms with Crippen molar-refractivity contribution in [3.8, 4) is 17.2 Å². The Labute approximate surface area is 190 Å². The first-order valence-corrected chi connectivity index (χ1v) is 9.67. The van der Waals surface area contributed by atoms with Gasteiger partial charge < -0.3 is 16.4 Å². The molecule has 0 aliphatic carbocycles. The summed E-state index contributed by atoms with van der Waals surface area (Å²) in [6.07, 6.45) is -3.41. The number of benzene rings is 2. The predicted molar refractivity (Wildman–Crippen MR) is 120 cm³/mol. The van der Waals surface area contributed by atoms with Crippen molar-refractivity contribution >= 4 is 42.2 Å². The molecule has 0 unspecified atom stereocenters. The van der Waals surface area contributed by atoms with Crippen molar-refractivity contribution in [1.82, 2.24) is 14.6 Å². The van der Waals surface area contributed by atoms with Crippen LogP contribution in [-0.2, 0) is 6.18 Å². The number of nitrogen functional groups attached to an aromatic ring is 1. The van der Waals surface area contributed by atoms with Crippen molar-refractivity contribution in [1.29, 1.82) is 5.26 Å². The van der Waals surface area contributed by atoms with E-state index in [9.17, 15) is 27.6 Å². The van der Waals surface area contributed by atoms with E-state index < -0.39 is 29.3 Å². The highest BCUT2D eigenvalue weighted by atomic mass is 19.4. The lowest BCUT2D eigenvalue weighted by molar-refractivity contribution is -0.137. The number of anilines is 3. The fourth-order valence-corrected chi connectivity index (χ4v) is 3.48. The lowest BCUT2D eigenvalue weighted by atomic mass is 9.94. The van der Waals surface area contributed by atoms with Crippen LogP contribution < -0.4 is 22.0 Å². The number of nitrogens with one attached hydrogen (secondary N) is 2. The molecule has 0 radical (unpaired) electrons. The number of carbonyl (C=O) groups excluding carboxylic acids is 1. The van der Waals surface area contributed by atoms with Crippen molar-refractivity contribution < 1.29 is 22.4 Å². The summed E-state index contributed by atoms with van der Waals surface area (Å²) in [7, 11) is 1.72. The first-order chi connectivity index (χ1) is 16.1. The molecule has 170 valence electrons. The number of urea groups is 1. The Morgan fingerprint density at radius 2 is 1.85 bits per heavy atom. The number of hydrogen-bond acceptors (Lipinski definition) is 5. The average molecular weight is 467 g/mol. The van der Waals surface area contributed by atoms with Crippen LogP contribution in [0.3, 0.4) is 0 Å². The molecule has 13 heteroatoms. The number of aromatic nitrogens is 3. The summed E-state index contributed by atoms with van der Waals surface area (Å²) in [4.78, 5) is 16.2. The molecule has 2 amide bonds. The highest BCUT2D eigenvalue weighted by molar-refractivity contribution is 6.34. The van der Waals surface area contributed by atoms with Gasteiger partial charge in [0.15, 0.2) is 13.7 Å². The molecular formula is C21H14BF4N7O. The monoisotopic (exact) mass is 467 g/mol. The van der Waals surface area contributed by atoms with E-state index in [0.29, 0.717) is 46.0 Å². The van der Waals surface area contributed by atoms with E-state index in [-0.39, 0.29) is 11.5 Å². The van der Waals surface area contributed by atoms with Gasteiger partial charge in [-0.15, -0.1) is 0 Å². The Morgan fingerprint density at radius 3 is 2.50 bits per heavy atom. The zero-order valence-electron chi connectivity index (χ0n) is 17.4. The SMILES string of the molecule is Bc1c(C#N)c(-c2ccc(NC(=O)Nc3cc(C(F)(F)F)ccc3F)cc2)c2c(N)ncnn12. The van der Waals surface area contributed by atoms with Gasteiger partial charge in [0, 0.05) is 16.8 Å². The Hall–Kier alpha value is -4.60. The van der Waals surface area contributed by atoms with Crippen LogP contribution in [0.5, 0.6) is 0 Å². The first-order valence-electron chi connectivity index (χ1n) is 9.67. The quantitative estimate of drug-likeness (QED) is 0.316. The Balaban J connectivity index is 1.59. The van der Waals surface area contributed by atoms with Gasteiger partial charge in [0.05, 0.1) is 16.8 Å². The molecular weight excluding hydrogens is 453 g/mol. The topological polar surface area (TPSA) is 121 Å². The van der Waals surface area contributed by atoms with Crippen molar-refractivity contribution in [3.05, 3.63) is 65.7 Å². The molecule has 4 N–H and O–H groups in total. The second-order valence-electron chi connectivity index (χ2n) is 7.20. The Morgan fingerprint density at radius 1 is 1.15 bits per heavy atom. The van der Waals surface area contributed by atoms with E-state index in [1.807, 2.05) is 0 Å². The molecule has 2 aromatic carbocycles. The summed E-state index contributed by atoms with van der Waals surface area (Å²) in [5, 5.41) is 18.3. The van der Waals surface area contributed by atoms with E-state index in [0.717, 1.165) is 0 Å². The van der Waals surface area contributed by atoms with Crippen LogP contribution in [0.25, 0.3) is 16.6 Å². The number of halogens is 4. The summed E-state index contributed by atoms with van der Waals surface area (Å²) in [6, 6.07) is 9.16. The van der Waals surface area contributed by atoms with E-state index >= 15 is 0 Å². The second-order valence-corrected chi connectivity index (χ2v) is 7.20. The summed E-state index contributed by atoms with van der Waals surface area (Å²) < 4.78 is 53.9. The third-order valence-electron chi connectivity index (χ3n) is 5.07. The molecule has 8 nitrogen and oxygen atoms in total.